The highest BCUT2D eigenvalue weighted by Crippen LogP contribution is 2.15. The van der Waals surface area contributed by atoms with Crippen molar-refractivity contribution >= 4 is 29.6 Å². The fourth-order valence-electron chi connectivity index (χ4n) is 2.07. The van der Waals surface area contributed by atoms with E-state index < -0.39 is 23.7 Å². The number of aliphatic carboxylic acids is 1. The number of ether oxygens (including phenoxy) is 1. The summed E-state index contributed by atoms with van der Waals surface area (Å²) in [7, 11) is 0. The number of nitrogens with one attached hydrogen (secondary N) is 3. The Hall–Kier alpha value is -3.30. The monoisotopic (exact) mass is 362 g/mol. The number of aromatic amines is 1. The summed E-state index contributed by atoms with van der Waals surface area (Å²) in [4.78, 5) is 27.1. The maximum absolute atomic E-state index is 11.8. The number of nitrogen functional groups attached to an aromatic ring is 1. The quantitative estimate of drug-likeness (QED) is 0.519. The van der Waals surface area contributed by atoms with E-state index in [2.05, 4.69) is 25.8 Å². The first-order chi connectivity index (χ1) is 12.1. The van der Waals surface area contributed by atoms with Crippen LogP contribution < -0.4 is 16.4 Å². The number of carboxylic acid groups (broad SMARTS) is 1. The highest BCUT2D eigenvalue weighted by molar-refractivity contribution is 5.80. The molecule has 1 heterocycles. The fraction of sp³-hybridized carbons (Fsp3) is 0.375. The second kappa shape index (κ2) is 7.72. The van der Waals surface area contributed by atoms with E-state index in [1.807, 2.05) is 0 Å². The van der Waals surface area contributed by atoms with Gasteiger partial charge in [0, 0.05) is 12.1 Å². The van der Waals surface area contributed by atoms with Crippen LogP contribution in [-0.2, 0) is 16.0 Å². The molecule has 0 radical (unpaired) electrons. The van der Waals surface area contributed by atoms with Crippen molar-refractivity contribution in [3.63, 3.8) is 0 Å². The van der Waals surface area contributed by atoms with Gasteiger partial charge in [-0.25, -0.2) is 14.7 Å². The number of H-pyrrole nitrogens is 1. The number of carbonyl (C=O) groups excluding carboxylic acids is 1. The Bertz CT molecular complexity index is 766. The van der Waals surface area contributed by atoms with Gasteiger partial charge in [0.25, 0.3) is 0 Å². The Morgan fingerprint density at radius 2 is 1.96 bits per heavy atom. The minimum atomic E-state index is -1.14. The first-order valence-corrected chi connectivity index (χ1v) is 7.88. The summed E-state index contributed by atoms with van der Waals surface area (Å²) < 4.78 is 5.09. The number of anilines is 3. The Morgan fingerprint density at radius 3 is 2.46 bits per heavy atom. The number of nitrogens with zero attached hydrogens (tertiary/aromatic N) is 2. The van der Waals surface area contributed by atoms with Gasteiger partial charge in [-0.1, -0.05) is 12.1 Å². The molecular weight excluding hydrogens is 340 g/mol. The topological polar surface area (TPSA) is 155 Å². The van der Waals surface area contributed by atoms with E-state index in [-0.39, 0.29) is 12.4 Å². The SMILES string of the molecule is CC(C)(C)OC(=O)N[C@@H](Cc1ccc(Nc2n[nH]c(N)n2)cc1)C(=O)O. The van der Waals surface area contributed by atoms with Crippen LogP contribution in [0, 0.1) is 0 Å². The van der Waals surface area contributed by atoms with Gasteiger partial charge in [-0.05, 0) is 38.5 Å². The summed E-state index contributed by atoms with van der Waals surface area (Å²) in [5.74, 6) is -0.624. The lowest BCUT2D eigenvalue weighted by atomic mass is 10.1. The first-order valence-electron chi connectivity index (χ1n) is 7.88. The van der Waals surface area contributed by atoms with Crippen molar-refractivity contribution in [1.29, 1.82) is 0 Å². The molecule has 0 aliphatic rings. The molecule has 1 aromatic heterocycles. The van der Waals surface area contributed by atoms with Crippen LogP contribution in [0.2, 0.25) is 0 Å². The van der Waals surface area contributed by atoms with Gasteiger partial charge in [-0.3, -0.25) is 0 Å². The van der Waals surface area contributed by atoms with Crippen LogP contribution in [0.15, 0.2) is 24.3 Å². The molecule has 0 saturated heterocycles. The van der Waals surface area contributed by atoms with E-state index in [1.54, 1.807) is 45.0 Å². The lowest BCUT2D eigenvalue weighted by Gasteiger charge is -2.22. The molecule has 2 rings (SSSR count). The fourth-order valence-corrected chi connectivity index (χ4v) is 2.07. The number of hydrogen-bond donors (Lipinski definition) is 5. The molecule has 1 amide bonds. The van der Waals surface area contributed by atoms with Crippen LogP contribution in [0.25, 0.3) is 0 Å². The molecule has 26 heavy (non-hydrogen) atoms. The lowest BCUT2D eigenvalue weighted by Crippen LogP contribution is -2.44. The van der Waals surface area contributed by atoms with Gasteiger partial charge < -0.3 is 26.2 Å². The van der Waals surface area contributed by atoms with E-state index in [4.69, 9.17) is 10.5 Å². The number of carboxylic acids is 1. The molecule has 140 valence electrons. The first kappa shape index (κ1) is 19.0. The zero-order valence-corrected chi connectivity index (χ0v) is 14.7. The largest absolute Gasteiger partial charge is 0.480 e. The molecule has 1 aromatic carbocycles. The molecule has 0 bridgehead atoms. The Labute approximate surface area is 150 Å². The van der Waals surface area contributed by atoms with E-state index in [1.165, 1.54) is 0 Å². The van der Waals surface area contributed by atoms with Gasteiger partial charge in [0.15, 0.2) is 0 Å². The van der Waals surface area contributed by atoms with Crippen molar-refractivity contribution in [2.75, 3.05) is 11.1 Å². The highest BCUT2D eigenvalue weighted by atomic mass is 16.6. The molecule has 10 nitrogen and oxygen atoms in total. The third kappa shape index (κ3) is 5.96. The zero-order chi connectivity index (χ0) is 19.3. The van der Waals surface area contributed by atoms with Crippen LogP contribution in [0.4, 0.5) is 22.4 Å². The smallest absolute Gasteiger partial charge is 0.408 e. The summed E-state index contributed by atoms with van der Waals surface area (Å²) in [6, 6.07) is 5.87. The number of aromatic nitrogens is 3. The number of alkyl carbamates (subject to hydrolysis) is 1. The molecule has 0 saturated carbocycles. The number of amides is 1. The van der Waals surface area contributed by atoms with Gasteiger partial charge in [0.2, 0.25) is 11.9 Å². The van der Waals surface area contributed by atoms with E-state index in [0.717, 1.165) is 5.56 Å². The molecule has 2 aromatic rings. The molecule has 1 atom stereocenters. The zero-order valence-electron chi connectivity index (χ0n) is 14.7. The van der Waals surface area contributed by atoms with Crippen molar-refractivity contribution in [2.24, 2.45) is 0 Å². The Morgan fingerprint density at radius 1 is 1.31 bits per heavy atom. The normalized spacial score (nSPS) is 12.3. The molecule has 0 spiro atoms. The van der Waals surface area contributed by atoms with Crippen LogP contribution in [-0.4, -0.2) is 44.0 Å². The Kier molecular flexibility index (Phi) is 5.65. The molecular formula is C16H22N6O4. The minimum Gasteiger partial charge on any atom is -0.480 e. The van der Waals surface area contributed by atoms with Crippen molar-refractivity contribution in [1.82, 2.24) is 20.5 Å². The van der Waals surface area contributed by atoms with Crippen molar-refractivity contribution < 1.29 is 19.4 Å². The van der Waals surface area contributed by atoms with Crippen LogP contribution >= 0.6 is 0 Å². The number of rotatable bonds is 6. The number of hydrogen-bond acceptors (Lipinski definition) is 7. The summed E-state index contributed by atoms with van der Waals surface area (Å²) in [5, 5.41) is 21.0. The number of benzene rings is 1. The van der Waals surface area contributed by atoms with Gasteiger partial charge >= 0.3 is 12.1 Å². The number of nitrogens with two attached hydrogens (primary N) is 1. The standard InChI is InChI=1S/C16H22N6O4/c1-16(2,3)26-15(25)19-11(12(23)24)8-9-4-6-10(7-5-9)18-14-20-13(17)21-22-14/h4-7,11H,8H2,1-3H3,(H,19,25)(H,23,24)(H4,17,18,20,21,22)/t11-/m0/s1. The third-order valence-electron chi connectivity index (χ3n) is 3.14. The Balaban J connectivity index is 1.98. The summed E-state index contributed by atoms with van der Waals surface area (Å²) in [6.07, 6.45) is -0.659. The summed E-state index contributed by atoms with van der Waals surface area (Å²) in [6.45, 7) is 5.11. The second-order valence-corrected chi connectivity index (χ2v) is 6.61. The predicted octanol–water partition coefficient (Wildman–Crippen LogP) is 1.65. The maximum atomic E-state index is 11.8. The summed E-state index contributed by atoms with van der Waals surface area (Å²) >= 11 is 0. The van der Waals surface area contributed by atoms with Gasteiger partial charge in [-0.2, -0.15) is 4.98 Å². The highest BCUT2D eigenvalue weighted by Gasteiger charge is 2.24. The molecule has 0 aliphatic carbocycles. The van der Waals surface area contributed by atoms with Gasteiger partial charge in [0.05, 0.1) is 0 Å². The van der Waals surface area contributed by atoms with E-state index >= 15 is 0 Å². The maximum Gasteiger partial charge on any atom is 0.408 e. The second-order valence-electron chi connectivity index (χ2n) is 6.61. The summed E-state index contributed by atoms with van der Waals surface area (Å²) in [5.41, 5.74) is 6.18. The van der Waals surface area contributed by atoms with Crippen LogP contribution in [0.5, 0.6) is 0 Å². The van der Waals surface area contributed by atoms with Crippen molar-refractivity contribution in [2.45, 2.75) is 38.8 Å². The molecule has 6 N–H and O–H groups in total. The number of carbonyl (C=O) groups is 2. The molecule has 0 aliphatic heterocycles. The average Bonchev–Trinajstić information content (AvgIpc) is 2.91. The van der Waals surface area contributed by atoms with Crippen LogP contribution in [0.1, 0.15) is 26.3 Å². The molecule has 0 fully saturated rings. The van der Waals surface area contributed by atoms with Gasteiger partial charge in [-0.15, -0.1) is 5.10 Å². The average molecular weight is 362 g/mol. The van der Waals surface area contributed by atoms with Crippen molar-refractivity contribution in [3.8, 4) is 0 Å². The van der Waals surface area contributed by atoms with E-state index in [9.17, 15) is 14.7 Å². The molecule has 10 heteroatoms. The van der Waals surface area contributed by atoms with Crippen molar-refractivity contribution in [3.05, 3.63) is 29.8 Å². The molecule has 0 unspecified atom stereocenters. The lowest BCUT2D eigenvalue weighted by molar-refractivity contribution is -0.139. The van der Waals surface area contributed by atoms with Crippen LogP contribution in [0.3, 0.4) is 0 Å². The predicted molar refractivity (Wildman–Crippen MR) is 95.0 cm³/mol. The van der Waals surface area contributed by atoms with Gasteiger partial charge in [0.1, 0.15) is 11.6 Å². The minimum absolute atomic E-state index is 0.114. The third-order valence-corrected chi connectivity index (χ3v) is 3.14. The van der Waals surface area contributed by atoms with E-state index in [0.29, 0.717) is 11.6 Å².